The zero-order chi connectivity index (χ0) is 34.0. The summed E-state index contributed by atoms with van der Waals surface area (Å²) in [5, 5.41) is 14.0. The molecule has 0 unspecified atom stereocenters. The van der Waals surface area contributed by atoms with Crippen molar-refractivity contribution in [3.05, 3.63) is 112 Å². The highest BCUT2D eigenvalue weighted by molar-refractivity contribution is 5.91. The number of H-pyrrole nitrogens is 1. The Morgan fingerprint density at radius 3 is 2.15 bits per heavy atom. The second-order valence-corrected chi connectivity index (χ2v) is 11.8. The molecule has 1 amide bonds. The lowest BCUT2D eigenvalue weighted by Gasteiger charge is -2.37. The number of hydrogen-bond donors (Lipinski definition) is 4. The molecular weight excluding hydrogens is 616 g/mol. The Balaban J connectivity index is 1.36. The van der Waals surface area contributed by atoms with E-state index in [1.807, 2.05) is 78.9 Å². The molecule has 3 heterocycles. The number of aromatic nitrogens is 4. The third-order valence-electron chi connectivity index (χ3n) is 8.53. The number of aliphatic hydroxyl groups is 1. The molecule has 0 saturated carbocycles. The highest BCUT2D eigenvalue weighted by Crippen LogP contribution is 2.43. The van der Waals surface area contributed by atoms with Crippen LogP contribution < -0.4 is 26.1 Å². The molecule has 0 radical (unpaired) electrons. The summed E-state index contributed by atoms with van der Waals surface area (Å²) < 4.78 is 25.6. The first-order valence-electron chi connectivity index (χ1n) is 15.5. The van der Waals surface area contributed by atoms with E-state index in [9.17, 15) is 14.7 Å². The van der Waals surface area contributed by atoms with Gasteiger partial charge in [0.25, 0.3) is 5.56 Å². The average Bonchev–Trinajstić information content (AvgIpc) is 3.66. The van der Waals surface area contributed by atoms with E-state index in [1.54, 1.807) is 28.1 Å². The SMILES string of the molecule is COc1ccc(C(OC[C@H]2O[C@@H](n3cnc4c(=O)[nH]c(NC(=O)C(C)C)nc43)[C@H](N)[C@@H]2O)(c2ccccc2)c2ccc(OC)cc2)cc1. The van der Waals surface area contributed by atoms with Crippen molar-refractivity contribution < 1.29 is 28.8 Å². The fraction of sp³-hybridized carbons (Fsp3) is 0.314. The van der Waals surface area contributed by atoms with Gasteiger partial charge in [0.1, 0.15) is 29.3 Å². The number of fused-ring (bicyclic) bond motifs is 1. The van der Waals surface area contributed by atoms with Crippen LogP contribution in [0.2, 0.25) is 0 Å². The molecule has 250 valence electrons. The first-order chi connectivity index (χ1) is 23.2. The minimum absolute atomic E-state index is 0.0321. The fourth-order valence-electron chi connectivity index (χ4n) is 5.87. The normalized spacial score (nSPS) is 19.5. The largest absolute Gasteiger partial charge is 0.497 e. The summed E-state index contributed by atoms with van der Waals surface area (Å²) in [6.07, 6.45) is -1.61. The fourth-order valence-corrected chi connectivity index (χ4v) is 5.87. The number of nitrogens with two attached hydrogens (primary N) is 1. The number of rotatable bonds is 11. The monoisotopic (exact) mass is 654 g/mol. The van der Waals surface area contributed by atoms with Crippen molar-refractivity contribution in [3.63, 3.8) is 0 Å². The number of benzene rings is 3. The summed E-state index contributed by atoms with van der Waals surface area (Å²) in [4.78, 5) is 36.3. The maximum atomic E-state index is 12.8. The van der Waals surface area contributed by atoms with Gasteiger partial charge in [0.05, 0.1) is 33.2 Å². The average molecular weight is 655 g/mol. The lowest BCUT2D eigenvalue weighted by Crippen LogP contribution is -2.42. The van der Waals surface area contributed by atoms with Crippen LogP contribution in [0.1, 0.15) is 36.8 Å². The molecule has 5 N–H and O–H groups in total. The van der Waals surface area contributed by atoms with Gasteiger partial charge in [0.2, 0.25) is 11.9 Å². The van der Waals surface area contributed by atoms with Crippen LogP contribution >= 0.6 is 0 Å². The number of amides is 1. The number of nitrogens with one attached hydrogen (secondary N) is 2. The molecule has 13 nitrogen and oxygen atoms in total. The number of methoxy groups -OCH3 is 2. The van der Waals surface area contributed by atoms with Crippen LogP contribution in [0.15, 0.2) is 90.0 Å². The first-order valence-corrected chi connectivity index (χ1v) is 15.5. The molecule has 48 heavy (non-hydrogen) atoms. The molecule has 4 atom stereocenters. The summed E-state index contributed by atoms with van der Waals surface area (Å²) >= 11 is 0. The molecular formula is C35H38N6O7. The summed E-state index contributed by atoms with van der Waals surface area (Å²) in [5.41, 5.74) is 7.49. The Kier molecular flexibility index (Phi) is 9.29. The maximum absolute atomic E-state index is 12.8. The summed E-state index contributed by atoms with van der Waals surface area (Å²) in [5.74, 6) is 0.681. The van der Waals surface area contributed by atoms with Crippen LogP contribution in [0.4, 0.5) is 5.95 Å². The van der Waals surface area contributed by atoms with Crippen LogP contribution in [0, 0.1) is 5.92 Å². The molecule has 1 fully saturated rings. The van der Waals surface area contributed by atoms with Gasteiger partial charge in [-0.1, -0.05) is 68.4 Å². The zero-order valence-corrected chi connectivity index (χ0v) is 27.0. The van der Waals surface area contributed by atoms with Gasteiger partial charge in [-0.05, 0) is 41.0 Å². The van der Waals surface area contributed by atoms with Crippen molar-refractivity contribution in [2.75, 3.05) is 26.1 Å². The number of anilines is 1. The Morgan fingerprint density at radius 2 is 1.58 bits per heavy atom. The summed E-state index contributed by atoms with van der Waals surface area (Å²) in [6, 6.07) is 24.0. The van der Waals surface area contributed by atoms with Gasteiger partial charge in [0, 0.05) is 5.92 Å². The molecule has 1 saturated heterocycles. The molecule has 6 rings (SSSR count). The van der Waals surface area contributed by atoms with Crippen molar-refractivity contribution in [1.82, 2.24) is 19.5 Å². The summed E-state index contributed by atoms with van der Waals surface area (Å²) in [6.45, 7) is 3.37. The van der Waals surface area contributed by atoms with E-state index in [0.717, 1.165) is 16.7 Å². The predicted molar refractivity (Wildman–Crippen MR) is 178 cm³/mol. The maximum Gasteiger partial charge on any atom is 0.280 e. The minimum atomic E-state index is -1.16. The van der Waals surface area contributed by atoms with Crippen molar-refractivity contribution in [2.45, 2.75) is 43.9 Å². The van der Waals surface area contributed by atoms with Crippen LogP contribution in [-0.4, -0.2) is 69.6 Å². The number of ether oxygens (including phenoxy) is 4. The van der Waals surface area contributed by atoms with Gasteiger partial charge < -0.3 is 29.8 Å². The van der Waals surface area contributed by atoms with Gasteiger partial charge in [-0.25, -0.2) is 4.98 Å². The van der Waals surface area contributed by atoms with E-state index < -0.39 is 35.6 Å². The summed E-state index contributed by atoms with van der Waals surface area (Å²) in [7, 11) is 3.21. The van der Waals surface area contributed by atoms with Crippen LogP contribution in [0.5, 0.6) is 11.5 Å². The third-order valence-corrected chi connectivity index (χ3v) is 8.53. The van der Waals surface area contributed by atoms with Gasteiger partial charge in [-0.15, -0.1) is 0 Å². The second kappa shape index (κ2) is 13.6. The highest BCUT2D eigenvalue weighted by atomic mass is 16.6. The molecule has 0 aliphatic carbocycles. The highest BCUT2D eigenvalue weighted by Gasteiger charge is 2.46. The molecule has 2 aromatic heterocycles. The van der Waals surface area contributed by atoms with Crippen LogP contribution in [0.3, 0.4) is 0 Å². The van der Waals surface area contributed by atoms with Crippen LogP contribution in [-0.2, 0) is 19.9 Å². The van der Waals surface area contributed by atoms with Crippen molar-refractivity contribution in [3.8, 4) is 11.5 Å². The van der Waals surface area contributed by atoms with Crippen molar-refractivity contribution >= 4 is 23.0 Å². The van der Waals surface area contributed by atoms with Crippen molar-refractivity contribution in [2.24, 2.45) is 11.7 Å². The zero-order valence-electron chi connectivity index (χ0n) is 27.0. The first kappa shape index (κ1) is 32.8. The van der Waals surface area contributed by atoms with Gasteiger partial charge in [-0.3, -0.25) is 24.5 Å². The number of hydrogen-bond acceptors (Lipinski definition) is 10. The standard InChI is InChI=1S/C35H38N6O7/c1-20(2)31(43)39-34-38-30-28(32(44)40-34)37-19-41(30)33-27(36)29(42)26(48-33)18-47-35(21-8-6-5-7-9-21,22-10-14-24(45-3)15-11-22)23-12-16-25(46-4)17-13-23/h5-17,19-20,26-27,29,33,42H,18,36H2,1-4H3,(H2,38,39,40,43,44)/t26-,27-,29-,33-/m1/s1. The topological polar surface area (TPSA) is 176 Å². The smallest absolute Gasteiger partial charge is 0.280 e. The molecule has 0 bridgehead atoms. The molecule has 1 aliphatic heterocycles. The Labute approximate surface area is 276 Å². The number of carbonyl (C=O) groups is 1. The third kappa shape index (κ3) is 6.04. The second-order valence-electron chi connectivity index (χ2n) is 11.8. The molecule has 3 aromatic carbocycles. The molecule has 13 heteroatoms. The van der Waals surface area contributed by atoms with Gasteiger partial charge >= 0.3 is 0 Å². The van der Waals surface area contributed by atoms with Crippen LogP contribution in [0.25, 0.3) is 11.2 Å². The number of aromatic amines is 1. The number of nitrogens with zero attached hydrogens (tertiary/aromatic N) is 3. The quantitative estimate of drug-likeness (QED) is 0.155. The lowest BCUT2D eigenvalue weighted by molar-refractivity contribution is -0.118. The van der Waals surface area contributed by atoms with Crippen molar-refractivity contribution in [1.29, 1.82) is 0 Å². The Bertz CT molecular complexity index is 1880. The molecule has 0 spiro atoms. The Morgan fingerprint density at radius 1 is 1.00 bits per heavy atom. The van der Waals surface area contributed by atoms with E-state index in [2.05, 4.69) is 20.3 Å². The van der Waals surface area contributed by atoms with Gasteiger partial charge in [0.15, 0.2) is 17.4 Å². The minimum Gasteiger partial charge on any atom is -0.497 e. The Hall–Kier alpha value is -5.08. The number of carbonyl (C=O) groups excluding carboxylic acids is 1. The van der Waals surface area contributed by atoms with E-state index in [0.29, 0.717) is 11.5 Å². The lowest BCUT2D eigenvalue weighted by atomic mass is 9.80. The van der Waals surface area contributed by atoms with E-state index in [4.69, 9.17) is 24.7 Å². The van der Waals surface area contributed by atoms with E-state index >= 15 is 0 Å². The number of imidazole rings is 1. The molecule has 1 aliphatic rings. The van der Waals surface area contributed by atoms with Gasteiger partial charge in [-0.2, -0.15) is 4.98 Å². The van der Waals surface area contributed by atoms with E-state index in [1.165, 1.54) is 10.9 Å². The van der Waals surface area contributed by atoms with E-state index in [-0.39, 0.29) is 35.5 Å². The predicted octanol–water partition coefficient (Wildman–Crippen LogP) is 3.33. The number of aliphatic hydroxyl groups excluding tert-OH is 1. The molecule has 5 aromatic rings.